The number of nitrogen functional groups attached to an aromatic ring is 1. The lowest BCUT2D eigenvalue weighted by atomic mass is 10.1. The van der Waals surface area contributed by atoms with Crippen LogP contribution >= 0.6 is 0 Å². The average molecular weight is 250 g/mol. The number of primary amides is 1. The van der Waals surface area contributed by atoms with Gasteiger partial charge in [-0.3, -0.25) is 9.59 Å². The van der Waals surface area contributed by atoms with Gasteiger partial charge in [0.05, 0.1) is 12.1 Å². The summed E-state index contributed by atoms with van der Waals surface area (Å²) >= 11 is 0. The van der Waals surface area contributed by atoms with Crippen LogP contribution in [-0.2, 0) is 4.79 Å². The quantitative estimate of drug-likeness (QED) is 0.544. The highest BCUT2D eigenvalue weighted by atomic mass is 16.2. The molecular formula is C12H18N4O2. The fraction of sp³-hybridized carbons (Fsp3) is 0.333. The number of anilines is 2. The molecule has 0 unspecified atom stereocenters. The summed E-state index contributed by atoms with van der Waals surface area (Å²) in [6.45, 7) is 2.69. The van der Waals surface area contributed by atoms with Crippen molar-refractivity contribution in [3.8, 4) is 0 Å². The second kappa shape index (κ2) is 6.48. The predicted octanol–water partition coefficient (Wildman–Crippen LogP) is 0.306. The van der Waals surface area contributed by atoms with Crippen molar-refractivity contribution in [3.05, 3.63) is 23.8 Å². The van der Waals surface area contributed by atoms with Crippen LogP contribution in [0.4, 0.5) is 11.4 Å². The molecule has 0 bridgehead atoms. The monoisotopic (exact) mass is 250 g/mol. The maximum Gasteiger partial charge on any atom is 0.250 e. The van der Waals surface area contributed by atoms with Crippen LogP contribution in [0.2, 0.25) is 0 Å². The summed E-state index contributed by atoms with van der Waals surface area (Å²) in [7, 11) is 0. The van der Waals surface area contributed by atoms with Crippen LogP contribution in [0.5, 0.6) is 0 Å². The van der Waals surface area contributed by atoms with Gasteiger partial charge in [0.15, 0.2) is 0 Å². The van der Waals surface area contributed by atoms with Gasteiger partial charge in [-0.05, 0) is 24.6 Å². The molecule has 0 aliphatic carbocycles. The fourth-order valence-corrected chi connectivity index (χ4v) is 1.42. The van der Waals surface area contributed by atoms with E-state index in [0.717, 1.165) is 6.42 Å². The Morgan fingerprint density at radius 3 is 2.67 bits per heavy atom. The summed E-state index contributed by atoms with van der Waals surface area (Å²) in [5.74, 6) is -0.720. The molecule has 0 aromatic heterocycles. The molecule has 6 nitrogen and oxygen atoms in total. The summed E-state index contributed by atoms with van der Waals surface area (Å²) in [4.78, 5) is 22.6. The Morgan fingerprint density at radius 2 is 2.06 bits per heavy atom. The second-order valence-corrected chi connectivity index (χ2v) is 3.87. The van der Waals surface area contributed by atoms with Gasteiger partial charge < -0.3 is 22.1 Å². The van der Waals surface area contributed by atoms with Crippen LogP contribution < -0.4 is 22.1 Å². The van der Waals surface area contributed by atoms with Crippen molar-refractivity contribution in [2.75, 3.05) is 24.1 Å². The first-order valence-electron chi connectivity index (χ1n) is 5.74. The van der Waals surface area contributed by atoms with E-state index in [1.807, 2.05) is 6.92 Å². The van der Waals surface area contributed by atoms with Crippen LogP contribution in [0.1, 0.15) is 23.7 Å². The molecule has 1 aromatic rings. The Morgan fingerprint density at radius 1 is 1.33 bits per heavy atom. The zero-order valence-corrected chi connectivity index (χ0v) is 10.3. The van der Waals surface area contributed by atoms with Crippen molar-refractivity contribution in [2.45, 2.75) is 13.3 Å². The molecule has 0 fully saturated rings. The molecule has 98 valence electrons. The maximum absolute atomic E-state index is 11.4. The minimum atomic E-state index is -0.584. The molecule has 0 aliphatic rings. The Balaban J connectivity index is 2.67. The molecule has 6 N–H and O–H groups in total. The standard InChI is InChI=1S/C12H18N4O2/c1-2-5-15-11(17)7-16-10-4-3-8(13)6-9(10)12(14)18/h3-4,6,16H,2,5,7,13H2,1H3,(H2,14,18)(H,15,17). The number of benzene rings is 1. The van der Waals surface area contributed by atoms with Crippen molar-refractivity contribution in [2.24, 2.45) is 5.73 Å². The molecule has 0 aliphatic heterocycles. The van der Waals surface area contributed by atoms with E-state index in [1.54, 1.807) is 12.1 Å². The summed E-state index contributed by atoms with van der Waals surface area (Å²) in [5.41, 5.74) is 12.0. The van der Waals surface area contributed by atoms with Crippen LogP contribution in [0.3, 0.4) is 0 Å². The van der Waals surface area contributed by atoms with Gasteiger partial charge >= 0.3 is 0 Å². The molecule has 1 rings (SSSR count). The van der Waals surface area contributed by atoms with Crippen LogP contribution in [-0.4, -0.2) is 24.9 Å². The molecular weight excluding hydrogens is 232 g/mol. The number of carbonyl (C=O) groups is 2. The molecule has 0 radical (unpaired) electrons. The zero-order chi connectivity index (χ0) is 13.5. The van der Waals surface area contributed by atoms with Crippen molar-refractivity contribution >= 4 is 23.2 Å². The van der Waals surface area contributed by atoms with E-state index in [0.29, 0.717) is 17.9 Å². The Bertz CT molecular complexity index is 446. The highest BCUT2D eigenvalue weighted by Crippen LogP contribution is 2.17. The Hall–Kier alpha value is -2.24. The first-order chi connectivity index (χ1) is 8.54. The molecule has 1 aromatic carbocycles. The first kappa shape index (κ1) is 13.8. The van der Waals surface area contributed by atoms with E-state index in [9.17, 15) is 9.59 Å². The third kappa shape index (κ3) is 3.97. The SMILES string of the molecule is CCCNC(=O)CNc1ccc(N)cc1C(N)=O. The summed E-state index contributed by atoms with van der Waals surface area (Å²) < 4.78 is 0. The van der Waals surface area contributed by atoms with Gasteiger partial charge in [0.1, 0.15) is 0 Å². The van der Waals surface area contributed by atoms with Gasteiger partial charge in [-0.2, -0.15) is 0 Å². The zero-order valence-electron chi connectivity index (χ0n) is 10.3. The summed E-state index contributed by atoms with van der Waals surface area (Å²) in [6.07, 6.45) is 0.875. The van der Waals surface area contributed by atoms with Gasteiger partial charge in [0.2, 0.25) is 5.91 Å². The largest absolute Gasteiger partial charge is 0.399 e. The molecule has 0 atom stereocenters. The van der Waals surface area contributed by atoms with Gasteiger partial charge in [0, 0.05) is 17.9 Å². The Labute approximate surface area is 106 Å². The summed E-state index contributed by atoms with van der Waals surface area (Å²) in [6, 6.07) is 4.75. The highest BCUT2D eigenvalue weighted by molar-refractivity contribution is 5.99. The highest BCUT2D eigenvalue weighted by Gasteiger charge is 2.09. The number of hydrogen-bond donors (Lipinski definition) is 4. The van der Waals surface area contributed by atoms with Crippen LogP contribution in [0.25, 0.3) is 0 Å². The number of carbonyl (C=O) groups excluding carboxylic acids is 2. The van der Waals surface area contributed by atoms with E-state index in [1.165, 1.54) is 6.07 Å². The van der Waals surface area contributed by atoms with Crippen molar-refractivity contribution in [1.29, 1.82) is 0 Å². The van der Waals surface area contributed by atoms with Gasteiger partial charge in [0.25, 0.3) is 5.91 Å². The lowest BCUT2D eigenvalue weighted by Crippen LogP contribution is -2.30. The molecule has 0 spiro atoms. The van der Waals surface area contributed by atoms with E-state index in [2.05, 4.69) is 10.6 Å². The normalized spacial score (nSPS) is 9.83. The topological polar surface area (TPSA) is 110 Å². The fourth-order valence-electron chi connectivity index (χ4n) is 1.42. The lowest BCUT2D eigenvalue weighted by molar-refractivity contribution is -0.119. The van der Waals surface area contributed by atoms with Crippen molar-refractivity contribution < 1.29 is 9.59 Å². The smallest absolute Gasteiger partial charge is 0.250 e. The second-order valence-electron chi connectivity index (χ2n) is 3.87. The van der Waals surface area contributed by atoms with Gasteiger partial charge in [-0.1, -0.05) is 6.92 Å². The van der Waals surface area contributed by atoms with Gasteiger partial charge in [-0.15, -0.1) is 0 Å². The average Bonchev–Trinajstić information content (AvgIpc) is 2.34. The van der Waals surface area contributed by atoms with Crippen molar-refractivity contribution in [3.63, 3.8) is 0 Å². The minimum absolute atomic E-state index is 0.0875. The first-order valence-corrected chi connectivity index (χ1v) is 5.74. The minimum Gasteiger partial charge on any atom is -0.399 e. The molecule has 18 heavy (non-hydrogen) atoms. The molecule has 2 amide bonds. The number of nitrogens with two attached hydrogens (primary N) is 2. The molecule has 0 heterocycles. The van der Waals surface area contributed by atoms with E-state index >= 15 is 0 Å². The van der Waals surface area contributed by atoms with Crippen LogP contribution in [0, 0.1) is 0 Å². The molecule has 0 saturated heterocycles. The Kier molecular flexibility index (Phi) is 4.98. The van der Waals surface area contributed by atoms with E-state index in [-0.39, 0.29) is 18.0 Å². The third-order valence-electron chi connectivity index (χ3n) is 2.32. The summed E-state index contributed by atoms with van der Waals surface area (Å²) in [5, 5.41) is 5.58. The van der Waals surface area contributed by atoms with Crippen LogP contribution in [0.15, 0.2) is 18.2 Å². The molecule has 6 heteroatoms. The third-order valence-corrected chi connectivity index (χ3v) is 2.32. The van der Waals surface area contributed by atoms with E-state index < -0.39 is 5.91 Å². The predicted molar refractivity (Wildman–Crippen MR) is 71.2 cm³/mol. The van der Waals surface area contributed by atoms with E-state index in [4.69, 9.17) is 11.5 Å². The lowest BCUT2D eigenvalue weighted by Gasteiger charge is -2.10. The van der Waals surface area contributed by atoms with Crippen molar-refractivity contribution in [1.82, 2.24) is 5.32 Å². The number of nitrogens with one attached hydrogen (secondary N) is 2. The molecule has 0 saturated carbocycles. The number of amides is 2. The maximum atomic E-state index is 11.4. The number of hydrogen-bond acceptors (Lipinski definition) is 4. The van der Waals surface area contributed by atoms with Gasteiger partial charge in [-0.25, -0.2) is 0 Å². The number of rotatable bonds is 6.